The number of hydrogen-bond donors (Lipinski definition) is 1. The number of rotatable bonds is 3. The van der Waals surface area contributed by atoms with Crippen LogP contribution in [0.25, 0.3) is 0 Å². The van der Waals surface area contributed by atoms with Crippen LogP contribution >= 0.6 is 0 Å². The first-order valence-electron chi connectivity index (χ1n) is 7.90. The molecule has 0 radical (unpaired) electrons. The zero-order valence-electron chi connectivity index (χ0n) is 12.1. The van der Waals surface area contributed by atoms with Gasteiger partial charge in [-0.1, -0.05) is 37.6 Å². The second-order valence-electron chi connectivity index (χ2n) is 6.13. The van der Waals surface area contributed by atoms with Crippen molar-refractivity contribution in [3.8, 4) is 0 Å². The molecule has 0 saturated carbocycles. The van der Waals surface area contributed by atoms with Gasteiger partial charge in [-0.15, -0.1) is 0 Å². The quantitative estimate of drug-likeness (QED) is 0.896. The van der Waals surface area contributed by atoms with Crippen molar-refractivity contribution in [2.45, 2.75) is 38.6 Å². The van der Waals surface area contributed by atoms with Gasteiger partial charge < -0.3 is 10.2 Å². The molecule has 2 aliphatic heterocycles. The molecule has 2 heterocycles. The molecule has 19 heavy (non-hydrogen) atoms. The lowest BCUT2D eigenvalue weighted by atomic mass is 9.92. The second kappa shape index (κ2) is 6.06. The molecule has 1 saturated heterocycles. The van der Waals surface area contributed by atoms with Gasteiger partial charge in [0.25, 0.3) is 0 Å². The van der Waals surface area contributed by atoms with E-state index < -0.39 is 0 Å². The van der Waals surface area contributed by atoms with E-state index in [-0.39, 0.29) is 0 Å². The monoisotopic (exact) mass is 258 g/mol. The third kappa shape index (κ3) is 3.01. The van der Waals surface area contributed by atoms with Crippen LogP contribution in [0.3, 0.4) is 0 Å². The maximum atomic E-state index is 3.71. The fourth-order valence-electron chi connectivity index (χ4n) is 3.66. The minimum absolute atomic E-state index is 0.542. The highest BCUT2D eigenvalue weighted by molar-refractivity contribution is 5.32. The van der Waals surface area contributed by atoms with Crippen LogP contribution in [0.5, 0.6) is 0 Å². The molecule has 1 aromatic rings. The SMILES string of the molecule is CCC1CCCN(CC2NCCc3ccccc32)C1. The van der Waals surface area contributed by atoms with Crippen molar-refractivity contribution in [3.05, 3.63) is 35.4 Å². The lowest BCUT2D eigenvalue weighted by Gasteiger charge is -2.36. The summed E-state index contributed by atoms with van der Waals surface area (Å²) in [7, 11) is 0. The Bertz CT molecular complexity index is 415. The molecule has 0 aromatic heterocycles. The van der Waals surface area contributed by atoms with Gasteiger partial charge >= 0.3 is 0 Å². The number of likely N-dealkylation sites (tertiary alicyclic amines) is 1. The summed E-state index contributed by atoms with van der Waals surface area (Å²) in [4.78, 5) is 2.68. The van der Waals surface area contributed by atoms with Gasteiger partial charge in [0, 0.05) is 19.1 Å². The molecular weight excluding hydrogens is 232 g/mol. The molecule has 2 unspecified atom stereocenters. The standard InChI is InChI=1S/C17H26N2/c1-2-14-6-5-11-19(12-14)13-17-16-8-4-3-7-15(16)9-10-18-17/h3-4,7-8,14,17-18H,2,5-6,9-13H2,1H3. The Balaban J connectivity index is 1.67. The minimum atomic E-state index is 0.542. The Kier molecular flexibility index (Phi) is 4.19. The lowest BCUT2D eigenvalue weighted by molar-refractivity contribution is 0.155. The van der Waals surface area contributed by atoms with E-state index in [0.29, 0.717) is 6.04 Å². The Hall–Kier alpha value is -0.860. The van der Waals surface area contributed by atoms with Gasteiger partial charge in [0.1, 0.15) is 0 Å². The molecule has 1 aromatic carbocycles. The lowest BCUT2D eigenvalue weighted by Crippen LogP contribution is -2.43. The van der Waals surface area contributed by atoms with Crippen molar-refractivity contribution in [2.24, 2.45) is 5.92 Å². The van der Waals surface area contributed by atoms with E-state index in [4.69, 9.17) is 0 Å². The molecular formula is C17H26N2. The average molecular weight is 258 g/mol. The highest BCUT2D eigenvalue weighted by atomic mass is 15.2. The van der Waals surface area contributed by atoms with Crippen LogP contribution in [0.1, 0.15) is 43.4 Å². The highest BCUT2D eigenvalue weighted by Crippen LogP contribution is 2.26. The summed E-state index contributed by atoms with van der Waals surface area (Å²) < 4.78 is 0. The third-order valence-corrected chi connectivity index (χ3v) is 4.84. The number of nitrogens with zero attached hydrogens (tertiary/aromatic N) is 1. The van der Waals surface area contributed by atoms with E-state index in [1.165, 1.54) is 50.9 Å². The molecule has 2 nitrogen and oxygen atoms in total. The Morgan fingerprint density at radius 1 is 1.32 bits per heavy atom. The molecule has 3 rings (SSSR count). The summed E-state index contributed by atoms with van der Waals surface area (Å²) in [6.45, 7) is 7.25. The van der Waals surface area contributed by atoms with Gasteiger partial charge in [-0.25, -0.2) is 0 Å². The minimum Gasteiger partial charge on any atom is -0.309 e. The topological polar surface area (TPSA) is 15.3 Å². The molecule has 0 amide bonds. The van der Waals surface area contributed by atoms with Crippen LogP contribution in [0.15, 0.2) is 24.3 Å². The summed E-state index contributed by atoms with van der Waals surface area (Å²) in [5.41, 5.74) is 3.09. The number of fused-ring (bicyclic) bond motifs is 1. The molecule has 0 spiro atoms. The van der Waals surface area contributed by atoms with Crippen LogP contribution in [-0.4, -0.2) is 31.1 Å². The van der Waals surface area contributed by atoms with Crippen molar-refractivity contribution in [3.63, 3.8) is 0 Å². The van der Waals surface area contributed by atoms with Crippen molar-refractivity contribution in [1.82, 2.24) is 10.2 Å². The molecule has 0 bridgehead atoms. The smallest absolute Gasteiger partial charge is 0.0452 e. The fourth-order valence-corrected chi connectivity index (χ4v) is 3.66. The Morgan fingerprint density at radius 2 is 2.21 bits per heavy atom. The van der Waals surface area contributed by atoms with Crippen LogP contribution in [0, 0.1) is 5.92 Å². The molecule has 1 N–H and O–H groups in total. The van der Waals surface area contributed by atoms with E-state index in [1.54, 1.807) is 5.56 Å². The van der Waals surface area contributed by atoms with E-state index in [2.05, 4.69) is 41.4 Å². The zero-order valence-corrected chi connectivity index (χ0v) is 12.1. The number of hydrogen-bond acceptors (Lipinski definition) is 2. The summed E-state index contributed by atoms with van der Waals surface area (Å²) in [6.07, 6.45) is 5.34. The normalized spacial score (nSPS) is 28.1. The van der Waals surface area contributed by atoms with Crippen LogP contribution in [0.2, 0.25) is 0 Å². The zero-order chi connectivity index (χ0) is 13.1. The summed E-state index contributed by atoms with van der Waals surface area (Å²) in [5, 5.41) is 3.71. The van der Waals surface area contributed by atoms with Crippen LogP contribution < -0.4 is 5.32 Å². The molecule has 2 heteroatoms. The van der Waals surface area contributed by atoms with Crippen LogP contribution in [0.4, 0.5) is 0 Å². The van der Waals surface area contributed by atoms with Crippen molar-refractivity contribution in [1.29, 1.82) is 0 Å². The molecule has 104 valence electrons. The largest absolute Gasteiger partial charge is 0.309 e. The van der Waals surface area contributed by atoms with Gasteiger partial charge in [-0.05, 0) is 49.4 Å². The van der Waals surface area contributed by atoms with Gasteiger partial charge in [-0.2, -0.15) is 0 Å². The Morgan fingerprint density at radius 3 is 3.11 bits per heavy atom. The van der Waals surface area contributed by atoms with Crippen molar-refractivity contribution in [2.75, 3.05) is 26.2 Å². The number of nitrogens with one attached hydrogen (secondary N) is 1. The molecule has 1 fully saturated rings. The fraction of sp³-hybridized carbons (Fsp3) is 0.647. The molecule has 2 aliphatic rings. The second-order valence-corrected chi connectivity index (χ2v) is 6.13. The Labute approximate surface area is 117 Å². The predicted molar refractivity (Wildman–Crippen MR) is 80.3 cm³/mol. The van der Waals surface area contributed by atoms with Crippen LogP contribution in [-0.2, 0) is 6.42 Å². The highest BCUT2D eigenvalue weighted by Gasteiger charge is 2.24. The molecule has 2 atom stereocenters. The van der Waals surface area contributed by atoms with Gasteiger partial charge in [0.2, 0.25) is 0 Å². The third-order valence-electron chi connectivity index (χ3n) is 4.84. The van der Waals surface area contributed by atoms with Gasteiger partial charge in [0.15, 0.2) is 0 Å². The number of piperidine rings is 1. The summed E-state index contributed by atoms with van der Waals surface area (Å²) >= 11 is 0. The first-order valence-corrected chi connectivity index (χ1v) is 7.90. The van der Waals surface area contributed by atoms with E-state index in [0.717, 1.165) is 12.5 Å². The van der Waals surface area contributed by atoms with E-state index >= 15 is 0 Å². The van der Waals surface area contributed by atoms with Gasteiger partial charge in [-0.3, -0.25) is 0 Å². The van der Waals surface area contributed by atoms with Crippen molar-refractivity contribution >= 4 is 0 Å². The van der Waals surface area contributed by atoms with Gasteiger partial charge in [0.05, 0.1) is 0 Å². The first-order chi connectivity index (χ1) is 9.36. The van der Waals surface area contributed by atoms with E-state index in [9.17, 15) is 0 Å². The average Bonchev–Trinajstić information content (AvgIpc) is 2.48. The first kappa shape index (κ1) is 13.1. The molecule has 0 aliphatic carbocycles. The summed E-state index contributed by atoms with van der Waals surface area (Å²) in [6, 6.07) is 9.52. The van der Waals surface area contributed by atoms with Crippen molar-refractivity contribution < 1.29 is 0 Å². The van der Waals surface area contributed by atoms with E-state index in [1.807, 2.05) is 0 Å². The maximum absolute atomic E-state index is 3.71. The maximum Gasteiger partial charge on any atom is 0.0452 e. The summed E-state index contributed by atoms with van der Waals surface area (Å²) in [5.74, 6) is 0.924. The number of benzene rings is 1. The predicted octanol–water partition coefficient (Wildman–Crippen LogP) is 3.00.